The molecule has 21 heavy (non-hydrogen) atoms. The number of nitrogens with one attached hydrogen (secondary N) is 1. The Bertz CT molecular complexity index is 601. The highest BCUT2D eigenvalue weighted by Crippen LogP contribution is 2.31. The van der Waals surface area contributed by atoms with Gasteiger partial charge in [0.1, 0.15) is 0 Å². The molecule has 2 rings (SSSR count). The Labute approximate surface area is 121 Å². The van der Waals surface area contributed by atoms with Gasteiger partial charge in [0.2, 0.25) is 0 Å². The molecule has 1 unspecified atom stereocenters. The summed E-state index contributed by atoms with van der Waals surface area (Å²) in [6, 6.07) is 8.30. The Morgan fingerprint density at radius 1 is 1.00 bits per heavy atom. The first-order valence-corrected chi connectivity index (χ1v) is 6.39. The zero-order valence-electron chi connectivity index (χ0n) is 11.7. The lowest BCUT2D eigenvalue weighted by Gasteiger charge is -2.18. The summed E-state index contributed by atoms with van der Waals surface area (Å²) in [6.07, 6.45) is -4.34. The van der Waals surface area contributed by atoms with Crippen LogP contribution in [0.2, 0.25) is 0 Å². The minimum absolute atomic E-state index is 0.382. The van der Waals surface area contributed by atoms with Gasteiger partial charge in [-0.3, -0.25) is 10.8 Å². The van der Waals surface area contributed by atoms with Crippen molar-refractivity contribution in [1.82, 2.24) is 10.4 Å². The zero-order chi connectivity index (χ0) is 15.6. The Morgan fingerprint density at radius 3 is 1.95 bits per heavy atom. The molecule has 1 aromatic heterocycles. The average Bonchev–Trinajstić information content (AvgIpc) is 2.38. The molecule has 0 saturated heterocycles. The van der Waals surface area contributed by atoms with Gasteiger partial charge in [0.15, 0.2) is 0 Å². The van der Waals surface area contributed by atoms with Crippen LogP contribution in [-0.4, -0.2) is 4.98 Å². The highest BCUT2D eigenvalue weighted by atomic mass is 19.4. The first-order valence-electron chi connectivity index (χ1n) is 6.39. The predicted octanol–water partition coefficient (Wildman–Crippen LogP) is 3.27. The normalized spacial score (nSPS) is 13.2. The van der Waals surface area contributed by atoms with E-state index in [0.29, 0.717) is 5.56 Å². The van der Waals surface area contributed by atoms with Gasteiger partial charge >= 0.3 is 6.18 Å². The molecular formula is C15H16F3N3. The molecule has 2 aromatic rings. The molecule has 3 nitrogen and oxygen atoms in total. The summed E-state index contributed by atoms with van der Waals surface area (Å²) < 4.78 is 37.7. The molecule has 0 saturated carbocycles. The summed E-state index contributed by atoms with van der Waals surface area (Å²) in [5, 5.41) is 0. The number of aryl methyl sites for hydroxylation is 2. The fraction of sp³-hybridized carbons (Fsp3) is 0.267. The van der Waals surface area contributed by atoms with E-state index in [1.165, 1.54) is 12.1 Å². The van der Waals surface area contributed by atoms with Crippen LogP contribution in [0.5, 0.6) is 0 Å². The monoisotopic (exact) mass is 295 g/mol. The standard InChI is InChI=1S/C15H16F3N3/c1-9-7-12(8-10(2)20-9)14(21-19)11-3-5-13(6-4-11)15(16,17)18/h3-8,14,21H,19H2,1-2H3. The van der Waals surface area contributed by atoms with E-state index in [1.807, 2.05) is 26.0 Å². The minimum atomic E-state index is -4.34. The first-order chi connectivity index (χ1) is 9.81. The summed E-state index contributed by atoms with van der Waals surface area (Å²) in [4.78, 5) is 4.27. The molecule has 3 N–H and O–H groups in total. The maximum Gasteiger partial charge on any atom is 0.416 e. The Kier molecular flexibility index (Phi) is 4.29. The van der Waals surface area contributed by atoms with Gasteiger partial charge in [0.25, 0.3) is 0 Å². The number of nitrogens with zero attached hydrogens (tertiary/aromatic N) is 1. The summed E-state index contributed by atoms with van der Waals surface area (Å²) in [7, 11) is 0. The third-order valence-corrected chi connectivity index (χ3v) is 3.18. The van der Waals surface area contributed by atoms with Crippen LogP contribution >= 0.6 is 0 Å². The number of alkyl halides is 3. The lowest BCUT2D eigenvalue weighted by molar-refractivity contribution is -0.137. The van der Waals surface area contributed by atoms with Crippen molar-refractivity contribution in [2.45, 2.75) is 26.1 Å². The lowest BCUT2D eigenvalue weighted by atomic mass is 9.97. The number of hydrogen-bond donors (Lipinski definition) is 2. The van der Waals surface area contributed by atoms with Gasteiger partial charge in [-0.05, 0) is 49.2 Å². The van der Waals surface area contributed by atoms with E-state index >= 15 is 0 Å². The van der Waals surface area contributed by atoms with Crippen molar-refractivity contribution in [3.05, 3.63) is 64.5 Å². The number of hydrogen-bond acceptors (Lipinski definition) is 3. The SMILES string of the molecule is Cc1cc(C(NN)c2ccc(C(F)(F)F)cc2)cc(C)n1. The second-order valence-electron chi connectivity index (χ2n) is 4.90. The molecular weight excluding hydrogens is 279 g/mol. The molecule has 0 spiro atoms. The largest absolute Gasteiger partial charge is 0.416 e. The van der Waals surface area contributed by atoms with Gasteiger partial charge in [0, 0.05) is 11.4 Å². The number of nitrogens with two attached hydrogens (primary N) is 1. The van der Waals surface area contributed by atoms with Crippen LogP contribution in [0.3, 0.4) is 0 Å². The number of pyridine rings is 1. The number of hydrazine groups is 1. The predicted molar refractivity (Wildman–Crippen MR) is 74.3 cm³/mol. The van der Waals surface area contributed by atoms with Crippen LogP contribution in [0.15, 0.2) is 36.4 Å². The van der Waals surface area contributed by atoms with Crippen molar-refractivity contribution in [3.63, 3.8) is 0 Å². The van der Waals surface area contributed by atoms with Gasteiger partial charge in [-0.25, -0.2) is 5.43 Å². The maximum atomic E-state index is 12.6. The van der Waals surface area contributed by atoms with Gasteiger partial charge < -0.3 is 0 Å². The highest BCUT2D eigenvalue weighted by molar-refractivity contribution is 5.35. The summed E-state index contributed by atoms with van der Waals surface area (Å²) >= 11 is 0. The van der Waals surface area contributed by atoms with Gasteiger partial charge in [-0.1, -0.05) is 12.1 Å². The lowest BCUT2D eigenvalue weighted by Crippen LogP contribution is -2.29. The second-order valence-corrected chi connectivity index (χ2v) is 4.90. The zero-order valence-corrected chi connectivity index (χ0v) is 11.7. The van der Waals surface area contributed by atoms with Gasteiger partial charge in [0.05, 0.1) is 11.6 Å². The van der Waals surface area contributed by atoms with Crippen LogP contribution in [-0.2, 0) is 6.18 Å². The fourth-order valence-corrected chi connectivity index (χ4v) is 2.28. The third kappa shape index (κ3) is 3.59. The number of rotatable bonds is 3. The van der Waals surface area contributed by atoms with Crippen LogP contribution in [0.4, 0.5) is 13.2 Å². The van der Waals surface area contributed by atoms with E-state index in [4.69, 9.17) is 5.84 Å². The number of benzene rings is 1. The molecule has 0 bridgehead atoms. The molecule has 0 radical (unpaired) electrons. The molecule has 1 aromatic carbocycles. The molecule has 0 aliphatic carbocycles. The Balaban J connectivity index is 2.37. The van der Waals surface area contributed by atoms with E-state index in [2.05, 4.69) is 10.4 Å². The quantitative estimate of drug-likeness (QED) is 0.675. The van der Waals surface area contributed by atoms with Crippen molar-refractivity contribution < 1.29 is 13.2 Å². The second kappa shape index (κ2) is 5.83. The molecule has 0 fully saturated rings. The van der Waals surface area contributed by atoms with Crippen LogP contribution in [0.1, 0.15) is 34.1 Å². The number of aromatic nitrogens is 1. The van der Waals surface area contributed by atoms with Crippen molar-refractivity contribution in [1.29, 1.82) is 0 Å². The van der Waals surface area contributed by atoms with E-state index in [1.54, 1.807) is 0 Å². The first kappa shape index (κ1) is 15.5. The van der Waals surface area contributed by atoms with Crippen LogP contribution in [0.25, 0.3) is 0 Å². The topological polar surface area (TPSA) is 50.9 Å². The average molecular weight is 295 g/mol. The molecule has 0 aliphatic heterocycles. The summed E-state index contributed by atoms with van der Waals surface area (Å²) in [6.45, 7) is 3.72. The smallest absolute Gasteiger partial charge is 0.271 e. The van der Waals surface area contributed by atoms with E-state index in [0.717, 1.165) is 29.1 Å². The van der Waals surface area contributed by atoms with Crippen LogP contribution < -0.4 is 11.3 Å². The molecule has 6 heteroatoms. The molecule has 1 heterocycles. The van der Waals surface area contributed by atoms with Gasteiger partial charge in [-0.2, -0.15) is 13.2 Å². The fourth-order valence-electron chi connectivity index (χ4n) is 2.28. The highest BCUT2D eigenvalue weighted by Gasteiger charge is 2.30. The van der Waals surface area contributed by atoms with Gasteiger partial charge in [-0.15, -0.1) is 0 Å². The molecule has 112 valence electrons. The van der Waals surface area contributed by atoms with E-state index in [-0.39, 0.29) is 6.04 Å². The van der Waals surface area contributed by atoms with E-state index in [9.17, 15) is 13.2 Å². The minimum Gasteiger partial charge on any atom is -0.271 e. The maximum absolute atomic E-state index is 12.6. The van der Waals surface area contributed by atoms with Crippen molar-refractivity contribution in [2.75, 3.05) is 0 Å². The third-order valence-electron chi connectivity index (χ3n) is 3.18. The van der Waals surface area contributed by atoms with E-state index < -0.39 is 11.7 Å². The summed E-state index contributed by atoms with van der Waals surface area (Å²) in [5.41, 5.74) is 5.15. The van der Waals surface area contributed by atoms with Crippen molar-refractivity contribution in [2.24, 2.45) is 5.84 Å². The van der Waals surface area contributed by atoms with Crippen molar-refractivity contribution in [3.8, 4) is 0 Å². The molecule has 0 aliphatic rings. The Hall–Kier alpha value is -1.92. The summed E-state index contributed by atoms with van der Waals surface area (Å²) in [5.74, 6) is 5.57. The Morgan fingerprint density at radius 2 is 1.52 bits per heavy atom. The number of halogens is 3. The van der Waals surface area contributed by atoms with Crippen LogP contribution in [0, 0.1) is 13.8 Å². The molecule has 1 atom stereocenters. The van der Waals surface area contributed by atoms with Crippen molar-refractivity contribution >= 4 is 0 Å². The molecule has 0 amide bonds.